The number of carboxylic acids is 1. The highest BCUT2D eigenvalue weighted by Crippen LogP contribution is 2.15. The number of anilines is 1. The van der Waals surface area contributed by atoms with E-state index >= 15 is 0 Å². The summed E-state index contributed by atoms with van der Waals surface area (Å²) in [4.78, 5) is 22.7. The van der Waals surface area contributed by atoms with E-state index in [9.17, 15) is 9.59 Å². The van der Waals surface area contributed by atoms with Crippen molar-refractivity contribution in [1.82, 2.24) is 0 Å². The van der Waals surface area contributed by atoms with Crippen molar-refractivity contribution in [3.63, 3.8) is 0 Å². The molecule has 0 aliphatic heterocycles. The smallest absolute Gasteiger partial charge is 0.337 e. The summed E-state index contributed by atoms with van der Waals surface area (Å²) in [7, 11) is 0. The zero-order valence-electron chi connectivity index (χ0n) is 10.5. The Morgan fingerprint density at radius 2 is 1.94 bits per heavy atom. The normalized spacial score (nSPS) is 12.2. The number of rotatable bonds is 5. The summed E-state index contributed by atoms with van der Waals surface area (Å²) in [5.74, 6) is -1.14. The number of benzene rings is 1. The highest BCUT2D eigenvalue weighted by atomic mass is 16.4. The van der Waals surface area contributed by atoms with Gasteiger partial charge in [-0.15, -0.1) is 0 Å². The van der Waals surface area contributed by atoms with Crippen molar-refractivity contribution >= 4 is 17.6 Å². The lowest BCUT2D eigenvalue weighted by Crippen LogP contribution is -2.31. The average Bonchev–Trinajstić information content (AvgIpc) is 2.28. The number of nitrogens with two attached hydrogens (primary N) is 1. The van der Waals surface area contributed by atoms with Crippen LogP contribution < -0.4 is 11.1 Å². The third-order valence-corrected chi connectivity index (χ3v) is 2.71. The minimum Gasteiger partial charge on any atom is -0.478 e. The molecule has 1 rings (SSSR count). The summed E-state index contributed by atoms with van der Waals surface area (Å²) >= 11 is 0. The van der Waals surface area contributed by atoms with Crippen molar-refractivity contribution in [2.45, 2.75) is 26.3 Å². The molecule has 18 heavy (non-hydrogen) atoms. The van der Waals surface area contributed by atoms with Crippen LogP contribution in [-0.4, -0.2) is 23.0 Å². The van der Waals surface area contributed by atoms with Crippen molar-refractivity contribution < 1.29 is 14.7 Å². The first-order chi connectivity index (χ1) is 8.41. The predicted octanol–water partition coefficient (Wildman–Crippen LogP) is 1.70. The van der Waals surface area contributed by atoms with E-state index in [1.165, 1.54) is 6.07 Å². The zero-order valence-corrected chi connectivity index (χ0v) is 10.5. The third kappa shape index (κ3) is 3.85. The number of aromatic carboxylic acids is 1. The van der Waals surface area contributed by atoms with Crippen LogP contribution in [0.25, 0.3) is 0 Å². The predicted molar refractivity (Wildman–Crippen MR) is 69.5 cm³/mol. The van der Waals surface area contributed by atoms with Crippen LogP contribution in [0.15, 0.2) is 24.3 Å². The molecule has 0 aliphatic rings. The molecule has 1 amide bonds. The fourth-order valence-electron chi connectivity index (χ4n) is 1.43. The van der Waals surface area contributed by atoms with Crippen LogP contribution in [0, 0.1) is 5.92 Å². The lowest BCUT2D eigenvalue weighted by Gasteiger charge is -2.15. The first-order valence-corrected chi connectivity index (χ1v) is 5.79. The van der Waals surface area contributed by atoms with Gasteiger partial charge in [0.2, 0.25) is 5.91 Å². The Morgan fingerprint density at radius 1 is 1.33 bits per heavy atom. The quantitative estimate of drug-likeness (QED) is 0.741. The molecule has 0 fully saturated rings. The van der Waals surface area contributed by atoms with Crippen LogP contribution in [0.3, 0.4) is 0 Å². The molecule has 0 spiro atoms. The van der Waals surface area contributed by atoms with E-state index in [4.69, 9.17) is 10.8 Å². The standard InChI is InChI=1S/C13H18N2O3/c1-8(2)10(14)7-12(16)15-11-6-4-3-5-9(11)13(17)18/h3-6,8,10H,7,14H2,1-2H3,(H,15,16)(H,17,18). The van der Waals surface area contributed by atoms with Gasteiger partial charge in [-0.1, -0.05) is 26.0 Å². The molecule has 0 bridgehead atoms. The van der Waals surface area contributed by atoms with Gasteiger partial charge < -0.3 is 16.2 Å². The Labute approximate surface area is 106 Å². The van der Waals surface area contributed by atoms with Crippen LogP contribution in [0.5, 0.6) is 0 Å². The topological polar surface area (TPSA) is 92.4 Å². The first-order valence-electron chi connectivity index (χ1n) is 5.79. The van der Waals surface area contributed by atoms with Crippen LogP contribution in [0.4, 0.5) is 5.69 Å². The van der Waals surface area contributed by atoms with Crippen molar-refractivity contribution in [3.05, 3.63) is 29.8 Å². The molecular weight excluding hydrogens is 232 g/mol. The Hall–Kier alpha value is -1.88. The van der Waals surface area contributed by atoms with Gasteiger partial charge in [0.25, 0.3) is 0 Å². The van der Waals surface area contributed by atoms with Crippen LogP contribution in [0.2, 0.25) is 0 Å². The monoisotopic (exact) mass is 250 g/mol. The second-order valence-electron chi connectivity index (χ2n) is 4.51. The van der Waals surface area contributed by atoms with Crippen molar-refractivity contribution in [1.29, 1.82) is 0 Å². The van der Waals surface area contributed by atoms with Crippen molar-refractivity contribution in [3.8, 4) is 0 Å². The molecule has 0 radical (unpaired) electrons. The SMILES string of the molecule is CC(C)C(N)CC(=O)Nc1ccccc1C(=O)O. The fraction of sp³-hybridized carbons (Fsp3) is 0.385. The molecule has 0 saturated carbocycles. The first kappa shape index (κ1) is 14.2. The summed E-state index contributed by atoms with van der Waals surface area (Å²) in [6.07, 6.45) is 0.172. The van der Waals surface area contributed by atoms with Gasteiger partial charge in [0.1, 0.15) is 0 Å². The van der Waals surface area contributed by atoms with Gasteiger partial charge >= 0.3 is 5.97 Å². The van der Waals surface area contributed by atoms with Crippen molar-refractivity contribution in [2.75, 3.05) is 5.32 Å². The molecular formula is C13H18N2O3. The van der Waals surface area contributed by atoms with Gasteiger partial charge in [0, 0.05) is 12.5 Å². The summed E-state index contributed by atoms with van der Waals surface area (Å²) in [6.45, 7) is 3.87. The van der Waals surface area contributed by atoms with E-state index in [0.29, 0.717) is 5.69 Å². The molecule has 1 aromatic rings. The summed E-state index contributed by atoms with van der Waals surface area (Å²) < 4.78 is 0. The number of nitrogens with one attached hydrogen (secondary N) is 1. The maximum atomic E-state index is 11.7. The van der Waals surface area contributed by atoms with Gasteiger partial charge in [-0.2, -0.15) is 0 Å². The molecule has 0 aliphatic carbocycles. The minimum atomic E-state index is -1.07. The zero-order chi connectivity index (χ0) is 13.7. The number of carbonyl (C=O) groups excluding carboxylic acids is 1. The van der Waals surface area contributed by atoms with E-state index in [-0.39, 0.29) is 29.9 Å². The lowest BCUT2D eigenvalue weighted by atomic mass is 10.0. The maximum absolute atomic E-state index is 11.7. The third-order valence-electron chi connectivity index (χ3n) is 2.71. The Kier molecular flexibility index (Phi) is 4.85. The number of carboxylic acid groups (broad SMARTS) is 1. The molecule has 0 saturated heterocycles. The molecule has 0 heterocycles. The van der Waals surface area contributed by atoms with E-state index in [1.54, 1.807) is 18.2 Å². The molecule has 98 valence electrons. The summed E-state index contributed by atoms with van der Waals surface area (Å²) in [5.41, 5.74) is 6.16. The van der Waals surface area contributed by atoms with Crippen LogP contribution in [0.1, 0.15) is 30.6 Å². The molecule has 5 nitrogen and oxygen atoms in total. The summed E-state index contributed by atoms with van der Waals surface area (Å²) in [5, 5.41) is 11.6. The summed E-state index contributed by atoms with van der Waals surface area (Å²) in [6, 6.07) is 6.05. The molecule has 1 atom stereocenters. The fourth-order valence-corrected chi connectivity index (χ4v) is 1.43. The van der Waals surface area contributed by atoms with Crippen LogP contribution >= 0.6 is 0 Å². The average molecular weight is 250 g/mol. The number of para-hydroxylation sites is 1. The van der Waals surface area contributed by atoms with E-state index < -0.39 is 5.97 Å². The Morgan fingerprint density at radius 3 is 2.50 bits per heavy atom. The van der Waals surface area contributed by atoms with E-state index in [1.807, 2.05) is 13.8 Å². The second-order valence-corrected chi connectivity index (χ2v) is 4.51. The highest BCUT2D eigenvalue weighted by Gasteiger charge is 2.15. The van der Waals surface area contributed by atoms with E-state index in [2.05, 4.69) is 5.32 Å². The largest absolute Gasteiger partial charge is 0.478 e. The number of amides is 1. The second kappa shape index (κ2) is 6.16. The van der Waals surface area contributed by atoms with Gasteiger partial charge in [0.05, 0.1) is 11.3 Å². The van der Waals surface area contributed by atoms with Gasteiger partial charge in [-0.25, -0.2) is 4.79 Å². The molecule has 5 heteroatoms. The Balaban J connectivity index is 2.73. The maximum Gasteiger partial charge on any atom is 0.337 e. The number of hydrogen-bond donors (Lipinski definition) is 3. The Bertz CT molecular complexity index is 444. The highest BCUT2D eigenvalue weighted by molar-refractivity contribution is 6.00. The lowest BCUT2D eigenvalue weighted by molar-refractivity contribution is -0.116. The van der Waals surface area contributed by atoms with E-state index in [0.717, 1.165) is 0 Å². The molecule has 1 unspecified atom stereocenters. The molecule has 4 N–H and O–H groups in total. The molecule has 0 aromatic heterocycles. The molecule has 1 aromatic carbocycles. The van der Waals surface area contributed by atoms with Gasteiger partial charge in [-0.3, -0.25) is 4.79 Å². The van der Waals surface area contributed by atoms with Crippen LogP contribution in [-0.2, 0) is 4.79 Å². The van der Waals surface area contributed by atoms with Crippen molar-refractivity contribution in [2.24, 2.45) is 11.7 Å². The number of carbonyl (C=O) groups is 2. The minimum absolute atomic E-state index is 0.0731. The van der Waals surface area contributed by atoms with Gasteiger partial charge in [-0.05, 0) is 18.1 Å². The number of hydrogen-bond acceptors (Lipinski definition) is 3. The van der Waals surface area contributed by atoms with Gasteiger partial charge in [0.15, 0.2) is 0 Å².